The summed E-state index contributed by atoms with van der Waals surface area (Å²) in [4.78, 5) is 14.9. The van der Waals surface area contributed by atoms with Gasteiger partial charge in [0.1, 0.15) is 5.75 Å². The van der Waals surface area contributed by atoms with E-state index in [0.29, 0.717) is 0 Å². The number of hydrogen-bond acceptors (Lipinski definition) is 5. The van der Waals surface area contributed by atoms with Crippen molar-refractivity contribution in [3.63, 3.8) is 0 Å². The molecule has 0 aliphatic rings. The van der Waals surface area contributed by atoms with Crippen LogP contribution >= 0.6 is 0 Å². The van der Waals surface area contributed by atoms with Gasteiger partial charge in [0.25, 0.3) is 6.43 Å². The molecule has 1 aromatic rings. The predicted octanol–water partition coefficient (Wildman–Crippen LogP) is 1.36. The Balaban J connectivity index is 3.22. The van der Waals surface area contributed by atoms with Crippen molar-refractivity contribution in [3.8, 4) is 5.75 Å². The third-order valence-corrected chi connectivity index (χ3v) is 2.01. The highest BCUT2D eigenvalue weighted by Gasteiger charge is 2.21. The summed E-state index contributed by atoms with van der Waals surface area (Å²) >= 11 is 0. The molecule has 0 saturated carbocycles. The number of hydrogen-bond donors (Lipinski definition) is 2. The Hall–Kier alpha value is -1.76. The van der Waals surface area contributed by atoms with Gasteiger partial charge < -0.3 is 15.6 Å². The Labute approximate surface area is 96.2 Å². The number of aromatic nitrogens is 1. The first-order valence-corrected chi connectivity index (χ1v) is 4.89. The van der Waals surface area contributed by atoms with Crippen LogP contribution in [0.2, 0.25) is 0 Å². The van der Waals surface area contributed by atoms with Crippen LogP contribution in [0.25, 0.3) is 0 Å². The summed E-state index contributed by atoms with van der Waals surface area (Å²) in [6, 6.07) is 0.784. The van der Waals surface area contributed by atoms with E-state index in [4.69, 9.17) is 5.73 Å². The summed E-state index contributed by atoms with van der Waals surface area (Å²) in [6.45, 7) is 1.41. The SMILES string of the molecule is CCOC(=O)c1nc(CN)c(C(F)F)cc1O. The van der Waals surface area contributed by atoms with Crippen LogP contribution in [0, 0.1) is 0 Å². The third kappa shape index (κ3) is 2.88. The van der Waals surface area contributed by atoms with Gasteiger partial charge in [-0.15, -0.1) is 0 Å². The maximum Gasteiger partial charge on any atom is 0.360 e. The van der Waals surface area contributed by atoms with Gasteiger partial charge in [-0.2, -0.15) is 0 Å². The summed E-state index contributed by atoms with van der Waals surface area (Å²) < 4.78 is 29.7. The van der Waals surface area contributed by atoms with Crippen LogP contribution in [0.3, 0.4) is 0 Å². The number of nitrogens with zero attached hydrogens (tertiary/aromatic N) is 1. The highest BCUT2D eigenvalue weighted by molar-refractivity contribution is 5.90. The lowest BCUT2D eigenvalue weighted by Crippen LogP contribution is -2.13. The number of halogens is 2. The normalized spacial score (nSPS) is 10.6. The van der Waals surface area contributed by atoms with E-state index in [-0.39, 0.29) is 18.8 Å². The van der Waals surface area contributed by atoms with Gasteiger partial charge in [0, 0.05) is 12.1 Å². The van der Waals surface area contributed by atoms with Crippen molar-refractivity contribution in [2.75, 3.05) is 6.61 Å². The summed E-state index contributed by atoms with van der Waals surface area (Å²) in [7, 11) is 0. The Morgan fingerprint density at radius 3 is 2.76 bits per heavy atom. The fourth-order valence-corrected chi connectivity index (χ4v) is 1.26. The van der Waals surface area contributed by atoms with Crippen LogP contribution in [0.1, 0.15) is 35.1 Å². The van der Waals surface area contributed by atoms with Crippen molar-refractivity contribution in [3.05, 3.63) is 23.0 Å². The van der Waals surface area contributed by atoms with Crippen LogP contribution < -0.4 is 5.73 Å². The molecule has 94 valence electrons. The second-order valence-electron chi connectivity index (χ2n) is 3.12. The highest BCUT2D eigenvalue weighted by atomic mass is 19.3. The maximum atomic E-state index is 12.6. The molecule has 3 N–H and O–H groups in total. The number of carbonyl (C=O) groups is 1. The van der Waals surface area contributed by atoms with Gasteiger partial charge in [0.2, 0.25) is 0 Å². The zero-order chi connectivity index (χ0) is 13.0. The van der Waals surface area contributed by atoms with Crippen molar-refractivity contribution in [1.29, 1.82) is 0 Å². The average molecular weight is 246 g/mol. The Morgan fingerprint density at radius 1 is 1.65 bits per heavy atom. The molecule has 17 heavy (non-hydrogen) atoms. The third-order valence-electron chi connectivity index (χ3n) is 2.01. The number of esters is 1. The van der Waals surface area contributed by atoms with Crippen LogP contribution in [0.4, 0.5) is 8.78 Å². The van der Waals surface area contributed by atoms with Crippen LogP contribution in [0.5, 0.6) is 5.75 Å². The molecule has 0 bridgehead atoms. The Morgan fingerprint density at radius 2 is 2.29 bits per heavy atom. The number of nitrogens with two attached hydrogens (primary N) is 1. The standard InChI is InChI=1S/C10H12F2N2O3/c1-2-17-10(16)8-7(15)3-5(9(11)12)6(4-13)14-8/h3,9,15H,2,4,13H2,1H3. The molecule has 0 aliphatic carbocycles. The molecular formula is C10H12F2N2O3. The van der Waals surface area contributed by atoms with Crippen molar-refractivity contribution < 1.29 is 23.4 Å². The lowest BCUT2D eigenvalue weighted by atomic mass is 10.1. The molecule has 0 spiro atoms. The molecule has 0 aromatic carbocycles. The Kier molecular flexibility index (Phi) is 4.33. The highest BCUT2D eigenvalue weighted by Crippen LogP contribution is 2.27. The summed E-state index contributed by atoms with van der Waals surface area (Å²) in [5, 5.41) is 9.42. The molecule has 1 heterocycles. The van der Waals surface area contributed by atoms with Gasteiger partial charge in [-0.25, -0.2) is 18.6 Å². The molecule has 7 heteroatoms. The number of alkyl halides is 2. The van der Waals surface area contributed by atoms with Crippen molar-refractivity contribution in [2.45, 2.75) is 19.9 Å². The summed E-state index contributed by atoms with van der Waals surface area (Å²) in [5.41, 5.74) is 4.22. The van der Waals surface area contributed by atoms with Gasteiger partial charge in [0.05, 0.1) is 12.3 Å². The zero-order valence-electron chi connectivity index (χ0n) is 9.11. The molecule has 0 saturated heterocycles. The maximum absolute atomic E-state index is 12.6. The van der Waals surface area contributed by atoms with E-state index in [1.54, 1.807) is 6.92 Å². The van der Waals surface area contributed by atoms with Crippen molar-refractivity contribution in [1.82, 2.24) is 4.98 Å². The molecule has 0 unspecified atom stereocenters. The molecule has 0 fully saturated rings. The number of ether oxygens (including phenoxy) is 1. The minimum atomic E-state index is -2.82. The molecule has 0 radical (unpaired) electrons. The first-order valence-electron chi connectivity index (χ1n) is 4.89. The number of aromatic hydroxyl groups is 1. The first-order chi connectivity index (χ1) is 8.01. The second-order valence-corrected chi connectivity index (χ2v) is 3.12. The van der Waals surface area contributed by atoms with Gasteiger partial charge in [-0.3, -0.25) is 0 Å². The van der Waals surface area contributed by atoms with E-state index >= 15 is 0 Å². The Bertz CT molecular complexity index is 424. The van der Waals surface area contributed by atoms with E-state index in [2.05, 4.69) is 9.72 Å². The van der Waals surface area contributed by atoms with Crippen LogP contribution in [-0.2, 0) is 11.3 Å². The van der Waals surface area contributed by atoms with E-state index in [1.807, 2.05) is 0 Å². The molecular weight excluding hydrogens is 234 g/mol. The topological polar surface area (TPSA) is 85.4 Å². The molecule has 0 atom stereocenters. The quantitative estimate of drug-likeness (QED) is 0.783. The molecule has 1 aromatic heterocycles. The van der Waals surface area contributed by atoms with E-state index < -0.39 is 29.4 Å². The van der Waals surface area contributed by atoms with E-state index in [9.17, 15) is 18.7 Å². The first kappa shape index (κ1) is 13.3. The van der Waals surface area contributed by atoms with Gasteiger partial charge >= 0.3 is 5.97 Å². The van der Waals surface area contributed by atoms with Gasteiger partial charge in [0.15, 0.2) is 5.69 Å². The largest absolute Gasteiger partial charge is 0.505 e. The fraction of sp³-hybridized carbons (Fsp3) is 0.400. The van der Waals surface area contributed by atoms with Gasteiger partial charge in [-0.05, 0) is 13.0 Å². The molecule has 1 rings (SSSR count). The van der Waals surface area contributed by atoms with E-state index in [1.165, 1.54) is 0 Å². The second kappa shape index (κ2) is 5.53. The lowest BCUT2D eigenvalue weighted by Gasteiger charge is -2.10. The molecule has 0 aliphatic heterocycles. The molecule has 5 nitrogen and oxygen atoms in total. The van der Waals surface area contributed by atoms with E-state index in [0.717, 1.165) is 6.07 Å². The monoisotopic (exact) mass is 246 g/mol. The number of pyridine rings is 1. The number of rotatable bonds is 4. The van der Waals surface area contributed by atoms with Gasteiger partial charge in [-0.1, -0.05) is 0 Å². The summed E-state index contributed by atoms with van der Waals surface area (Å²) in [5.74, 6) is -1.52. The van der Waals surface area contributed by atoms with Crippen molar-refractivity contribution >= 4 is 5.97 Å². The molecule has 0 amide bonds. The fourth-order valence-electron chi connectivity index (χ4n) is 1.26. The smallest absolute Gasteiger partial charge is 0.360 e. The predicted molar refractivity (Wildman–Crippen MR) is 54.7 cm³/mol. The zero-order valence-corrected chi connectivity index (χ0v) is 9.11. The van der Waals surface area contributed by atoms with Crippen molar-refractivity contribution in [2.24, 2.45) is 5.73 Å². The minimum absolute atomic E-state index is 0.0918. The number of carbonyl (C=O) groups excluding carboxylic acids is 1. The van der Waals surface area contributed by atoms with Crippen LogP contribution in [-0.4, -0.2) is 22.7 Å². The average Bonchev–Trinajstić information content (AvgIpc) is 2.28. The minimum Gasteiger partial charge on any atom is -0.505 e. The summed E-state index contributed by atoms with van der Waals surface area (Å²) in [6.07, 6.45) is -2.82. The van der Waals surface area contributed by atoms with Crippen LogP contribution in [0.15, 0.2) is 6.07 Å². The lowest BCUT2D eigenvalue weighted by molar-refractivity contribution is 0.0514.